The lowest BCUT2D eigenvalue weighted by atomic mass is 10.2. The molecule has 0 saturated heterocycles. The zero-order chi connectivity index (χ0) is 9.68. The van der Waals surface area contributed by atoms with Gasteiger partial charge >= 0.3 is 0 Å². The van der Waals surface area contributed by atoms with Crippen molar-refractivity contribution in [2.24, 2.45) is 0 Å². The Morgan fingerprint density at radius 1 is 1.69 bits per heavy atom. The standard InChI is InChI=1S/C10H9NO2/c1-8(13)4-5-10-9(7-12)3-2-6-11-10/h2-3,6-8,13H,1H3/t8-/m1/s1. The summed E-state index contributed by atoms with van der Waals surface area (Å²) in [6.45, 7) is 1.55. The summed E-state index contributed by atoms with van der Waals surface area (Å²) in [5.41, 5.74) is 0.842. The van der Waals surface area contributed by atoms with Crippen molar-refractivity contribution in [3.63, 3.8) is 0 Å². The fourth-order valence-corrected chi connectivity index (χ4v) is 0.790. The van der Waals surface area contributed by atoms with Gasteiger partial charge in [-0.05, 0) is 25.0 Å². The van der Waals surface area contributed by atoms with Crippen molar-refractivity contribution < 1.29 is 9.90 Å². The molecule has 1 atom stereocenters. The molecule has 0 aliphatic rings. The third-order valence-corrected chi connectivity index (χ3v) is 1.37. The highest BCUT2D eigenvalue weighted by atomic mass is 16.3. The molecule has 0 aliphatic heterocycles. The van der Waals surface area contributed by atoms with E-state index in [-0.39, 0.29) is 0 Å². The summed E-state index contributed by atoms with van der Waals surface area (Å²) < 4.78 is 0. The summed E-state index contributed by atoms with van der Waals surface area (Å²) >= 11 is 0. The predicted molar refractivity (Wildman–Crippen MR) is 48.2 cm³/mol. The van der Waals surface area contributed by atoms with Crippen LogP contribution in [-0.4, -0.2) is 22.5 Å². The van der Waals surface area contributed by atoms with Gasteiger partial charge in [-0.2, -0.15) is 0 Å². The van der Waals surface area contributed by atoms with Gasteiger partial charge in [0.15, 0.2) is 6.29 Å². The summed E-state index contributed by atoms with van der Waals surface area (Å²) in [5.74, 6) is 5.14. The number of aliphatic hydroxyl groups is 1. The van der Waals surface area contributed by atoms with Gasteiger partial charge in [0, 0.05) is 11.8 Å². The second kappa shape index (κ2) is 4.39. The van der Waals surface area contributed by atoms with E-state index in [1.165, 1.54) is 0 Å². The Balaban J connectivity index is 3.02. The molecular weight excluding hydrogens is 166 g/mol. The molecule has 0 saturated carbocycles. The minimum Gasteiger partial charge on any atom is -0.381 e. The maximum atomic E-state index is 10.5. The number of aldehydes is 1. The van der Waals surface area contributed by atoms with Crippen molar-refractivity contribution in [2.75, 3.05) is 0 Å². The molecule has 0 aromatic carbocycles. The fourth-order valence-electron chi connectivity index (χ4n) is 0.790. The minimum absolute atomic E-state index is 0.401. The number of hydrogen-bond donors (Lipinski definition) is 1. The Hall–Kier alpha value is -1.66. The first-order valence-electron chi connectivity index (χ1n) is 3.84. The molecule has 0 radical (unpaired) electrons. The predicted octanol–water partition coefficient (Wildman–Crippen LogP) is 0.626. The van der Waals surface area contributed by atoms with Crippen LogP contribution in [0.1, 0.15) is 23.0 Å². The molecule has 0 unspecified atom stereocenters. The van der Waals surface area contributed by atoms with E-state index < -0.39 is 6.10 Å². The molecule has 0 bridgehead atoms. The molecule has 0 spiro atoms. The lowest BCUT2D eigenvalue weighted by Gasteiger charge is -1.93. The quantitative estimate of drug-likeness (QED) is 0.503. The van der Waals surface area contributed by atoms with E-state index in [1.807, 2.05) is 0 Å². The molecule has 1 rings (SSSR count). The SMILES string of the molecule is C[C@@H](O)C#Cc1ncccc1C=O. The third-order valence-electron chi connectivity index (χ3n) is 1.37. The van der Waals surface area contributed by atoms with Crippen LogP contribution in [0.3, 0.4) is 0 Å². The molecule has 13 heavy (non-hydrogen) atoms. The first kappa shape index (κ1) is 9.43. The van der Waals surface area contributed by atoms with Gasteiger partial charge < -0.3 is 5.11 Å². The number of aromatic nitrogens is 1. The molecule has 3 heteroatoms. The third kappa shape index (κ3) is 2.69. The molecule has 0 amide bonds. The highest BCUT2D eigenvalue weighted by Crippen LogP contribution is 1.99. The van der Waals surface area contributed by atoms with E-state index in [2.05, 4.69) is 16.8 Å². The van der Waals surface area contributed by atoms with Crippen molar-refractivity contribution in [1.29, 1.82) is 0 Å². The van der Waals surface area contributed by atoms with Gasteiger partial charge in [0.05, 0.1) is 0 Å². The molecular formula is C10H9NO2. The van der Waals surface area contributed by atoms with Crippen LogP contribution in [0.25, 0.3) is 0 Å². The second-order valence-corrected chi connectivity index (χ2v) is 2.50. The normalized spacial score (nSPS) is 11.2. The number of carbonyl (C=O) groups excluding carboxylic acids is 1. The van der Waals surface area contributed by atoms with Crippen LogP contribution in [0.5, 0.6) is 0 Å². The van der Waals surface area contributed by atoms with E-state index in [0.717, 1.165) is 0 Å². The van der Waals surface area contributed by atoms with Crippen LogP contribution >= 0.6 is 0 Å². The van der Waals surface area contributed by atoms with Gasteiger partial charge in [0.25, 0.3) is 0 Å². The first-order valence-corrected chi connectivity index (χ1v) is 3.84. The minimum atomic E-state index is -0.707. The van der Waals surface area contributed by atoms with Crippen molar-refractivity contribution in [3.05, 3.63) is 29.6 Å². The Bertz CT molecular complexity index is 361. The van der Waals surface area contributed by atoms with E-state index in [4.69, 9.17) is 5.11 Å². The maximum absolute atomic E-state index is 10.5. The van der Waals surface area contributed by atoms with Gasteiger partial charge in [0.1, 0.15) is 11.8 Å². The molecule has 3 nitrogen and oxygen atoms in total. The zero-order valence-corrected chi connectivity index (χ0v) is 7.19. The Morgan fingerprint density at radius 3 is 3.08 bits per heavy atom. The number of pyridine rings is 1. The molecule has 1 heterocycles. The number of carbonyl (C=O) groups is 1. The molecule has 1 aromatic rings. The molecule has 0 fully saturated rings. The lowest BCUT2D eigenvalue weighted by molar-refractivity contribution is 0.112. The van der Waals surface area contributed by atoms with E-state index >= 15 is 0 Å². The highest BCUT2D eigenvalue weighted by Gasteiger charge is 1.97. The first-order chi connectivity index (χ1) is 6.24. The summed E-state index contributed by atoms with van der Waals surface area (Å²) in [4.78, 5) is 14.4. The van der Waals surface area contributed by atoms with Crippen molar-refractivity contribution in [2.45, 2.75) is 13.0 Å². The van der Waals surface area contributed by atoms with Crippen LogP contribution in [0.15, 0.2) is 18.3 Å². The van der Waals surface area contributed by atoms with Crippen molar-refractivity contribution in [3.8, 4) is 11.8 Å². The summed E-state index contributed by atoms with van der Waals surface area (Å²) in [6.07, 6.45) is 1.54. The number of nitrogens with zero attached hydrogens (tertiary/aromatic N) is 1. The van der Waals surface area contributed by atoms with Crippen LogP contribution < -0.4 is 0 Å². The maximum Gasteiger partial charge on any atom is 0.152 e. The van der Waals surface area contributed by atoms with Crippen molar-refractivity contribution >= 4 is 6.29 Å². The Kier molecular flexibility index (Phi) is 3.18. The Morgan fingerprint density at radius 2 is 2.46 bits per heavy atom. The van der Waals surface area contributed by atoms with Crippen LogP contribution in [0.2, 0.25) is 0 Å². The topological polar surface area (TPSA) is 50.2 Å². The van der Waals surface area contributed by atoms with Crippen LogP contribution in [-0.2, 0) is 0 Å². The summed E-state index contributed by atoms with van der Waals surface area (Å²) in [6, 6.07) is 3.29. The van der Waals surface area contributed by atoms with Gasteiger partial charge in [0.2, 0.25) is 0 Å². The smallest absolute Gasteiger partial charge is 0.152 e. The number of hydrogen-bond acceptors (Lipinski definition) is 3. The number of aliphatic hydroxyl groups excluding tert-OH is 1. The van der Waals surface area contributed by atoms with Crippen molar-refractivity contribution in [1.82, 2.24) is 4.98 Å². The number of rotatable bonds is 1. The zero-order valence-electron chi connectivity index (χ0n) is 7.19. The molecule has 1 aromatic heterocycles. The van der Waals surface area contributed by atoms with E-state index in [0.29, 0.717) is 17.5 Å². The van der Waals surface area contributed by atoms with Gasteiger partial charge in [-0.3, -0.25) is 4.79 Å². The average molecular weight is 175 g/mol. The molecule has 1 N–H and O–H groups in total. The fraction of sp³-hybridized carbons (Fsp3) is 0.200. The largest absolute Gasteiger partial charge is 0.381 e. The van der Waals surface area contributed by atoms with Crippen LogP contribution in [0, 0.1) is 11.8 Å². The second-order valence-electron chi connectivity index (χ2n) is 2.50. The average Bonchev–Trinajstić information content (AvgIpc) is 2.15. The molecule has 66 valence electrons. The summed E-state index contributed by atoms with van der Waals surface area (Å²) in [5, 5.41) is 8.89. The molecule has 0 aliphatic carbocycles. The van der Waals surface area contributed by atoms with Gasteiger partial charge in [-0.1, -0.05) is 5.92 Å². The Labute approximate surface area is 76.4 Å². The van der Waals surface area contributed by atoms with E-state index in [9.17, 15) is 4.79 Å². The van der Waals surface area contributed by atoms with Crippen LogP contribution in [0.4, 0.5) is 0 Å². The van der Waals surface area contributed by atoms with Gasteiger partial charge in [-0.25, -0.2) is 4.98 Å². The van der Waals surface area contributed by atoms with E-state index in [1.54, 1.807) is 25.3 Å². The lowest BCUT2D eigenvalue weighted by Crippen LogP contribution is -1.95. The van der Waals surface area contributed by atoms with Gasteiger partial charge in [-0.15, -0.1) is 0 Å². The highest BCUT2D eigenvalue weighted by molar-refractivity contribution is 5.78. The summed E-state index contributed by atoms with van der Waals surface area (Å²) in [7, 11) is 0. The monoisotopic (exact) mass is 175 g/mol.